The minimum Gasteiger partial charge on any atom is -0.386 e. The molecule has 1 atom stereocenters. The number of aromatic nitrogens is 3. The van der Waals surface area contributed by atoms with Crippen LogP contribution in [0.25, 0.3) is 0 Å². The number of nitrogens with zero attached hydrogens (tertiary/aromatic N) is 3. The van der Waals surface area contributed by atoms with E-state index in [1.165, 1.54) is 18.2 Å². The molecule has 1 unspecified atom stereocenters. The fraction of sp³-hybridized carbons (Fsp3) is 0.357. The van der Waals surface area contributed by atoms with Crippen molar-refractivity contribution in [2.45, 2.75) is 19.1 Å². The Labute approximate surface area is 126 Å². The number of anilines is 1. The summed E-state index contributed by atoms with van der Waals surface area (Å²) in [5, 5.41) is 19.6. The first kappa shape index (κ1) is 14.5. The highest BCUT2D eigenvalue weighted by molar-refractivity contribution is 5.90. The minimum absolute atomic E-state index is 0.0325. The van der Waals surface area contributed by atoms with E-state index < -0.39 is 17.8 Å². The molecule has 0 saturated heterocycles. The Hall–Kier alpha value is -2.48. The number of aliphatic hydroxyl groups is 1. The molecule has 1 aromatic heterocycles. The van der Waals surface area contributed by atoms with Gasteiger partial charge in [0.1, 0.15) is 5.82 Å². The first-order valence-electron chi connectivity index (χ1n) is 7.04. The van der Waals surface area contributed by atoms with Crippen molar-refractivity contribution < 1.29 is 14.3 Å². The molecule has 3 N–H and O–H groups in total. The summed E-state index contributed by atoms with van der Waals surface area (Å²) in [7, 11) is 0. The van der Waals surface area contributed by atoms with Gasteiger partial charge in [0.05, 0.1) is 6.10 Å². The van der Waals surface area contributed by atoms with E-state index in [0.29, 0.717) is 12.5 Å². The SMILES string of the molecule is O=C(NCC(O)c1ccccc1F)c1nc2n(n1)CCCN2. The number of amides is 1. The summed E-state index contributed by atoms with van der Waals surface area (Å²) in [6, 6.07) is 5.90. The zero-order valence-corrected chi connectivity index (χ0v) is 11.8. The molecule has 0 saturated carbocycles. The number of carbonyl (C=O) groups excluding carboxylic acids is 1. The average molecular weight is 305 g/mol. The van der Waals surface area contributed by atoms with Crippen LogP contribution in [-0.2, 0) is 6.54 Å². The summed E-state index contributed by atoms with van der Waals surface area (Å²) in [5.74, 6) is -0.417. The predicted octanol–water partition coefficient (Wildman–Crippen LogP) is 0.696. The van der Waals surface area contributed by atoms with Gasteiger partial charge in [0, 0.05) is 25.2 Å². The van der Waals surface area contributed by atoms with Crippen LogP contribution in [0.3, 0.4) is 0 Å². The number of benzene rings is 1. The van der Waals surface area contributed by atoms with Gasteiger partial charge in [-0.15, -0.1) is 5.10 Å². The van der Waals surface area contributed by atoms with E-state index in [9.17, 15) is 14.3 Å². The molecule has 22 heavy (non-hydrogen) atoms. The van der Waals surface area contributed by atoms with Crippen LogP contribution in [0, 0.1) is 5.82 Å². The quantitative estimate of drug-likeness (QED) is 0.773. The third kappa shape index (κ3) is 2.91. The molecule has 1 aliphatic rings. The van der Waals surface area contributed by atoms with Crippen molar-refractivity contribution in [1.82, 2.24) is 20.1 Å². The number of hydrogen-bond donors (Lipinski definition) is 3. The second kappa shape index (κ2) is 6.10. The second-order valence-electron chi connectivity index (χ2n) is 5.01. The smallest absolute Gasteiger partial charge is 0.291 e. The van der Waals surface area contributed by atoms with Crippen molar-refractivity contribution in [2.24, 2.45) is 0 Å². The van der Waals surface area contributed by atoms with Crippen molar-refractivity contribution >= 4 is 11.9 Å². The molecule has 2 heterocycles. The Morgan fingerprint density at radius 2 is 2.32 bits per heavy atom. The van der Waals surface area contributed by atoms with Crippen molar-refractivity contribution in [1.29, 1.82) is 0 Å². The maximum atomic E-state index is 13.5. The number of rotatable bonds is 4. The van der Waals surface area contributed by atoms with Gasteiger partial charge in [-0.05, 0) is 12.5 Å². The van der Waals surface area contributed by atoms with Crippen LogP contribution >= 0.6 is 0 Å². The standard InChI is InChI=1S/C14H16FN5O2/c15-10-5-2-1-4-9(10)11(21)8-17-13(22)12-18-14-16-6-3-7-20(14)19-12/h1-2,4-5,11,21H,3,6-8H2,(H,17,22)(H,16,18,19). The average Bonchev–Trinajstić information content (AvgIpc) is 2.97. The summed E-state index contributed by atoms with van der Waals surface area (Å²) < 4.78 is 15.2. The molecule has 0 radical (unpaired) electrons. The molecular weight excluding hydrogens is 289 g/mol. The Morgan fingerprint density at radius 3 is 3.09 bits per heavy atom. The molecule has 0 fully saturated rings. The van der Waals surface area contributed by atoms with E-state index in [-0.39, 0.29) is 17.9 Å². The molecule has 0 bridgehead atoms. The summed E-state index contributed by atoms with van der Waals surface area (Å²) in [5.41, 5.74) is 0.140. The highest BCUT2D eigenvalue weighted by Crippen LogP contribution is 2.16. The van der Waals surface area contributed by atoms with Crippen LogP contribution in [0.15, 0.2) is 24.3 Å². The lowest BCUT2D eigenvalue weighted by Crippen LogP contribution is -2.29. The van der Waals surface area contributed by atoms with Crippen molar-refractivity contribution in [3.8, 4) is 0 Å². The molecule has 3 rings (SSSR count). The number of fused-ring (bicyclic) bond motifs is 1. The third-order valence-electron chi connectivity index (χ3n) is 3.42. The van der Waals surface area contributed by atoms with E-state index in [0.717, 1.165) is 13.0 Å². The van der Waals surface area contributed by atoms with Crippen molar-refractivity contribution in [2.75, 3.05) is 18.4 Å². The minimum atomic E-state index is -1.12. The van der Waals surface area contributed by atoms with E-state index in [1.807, 2.05) is 0 Å². The summed E-state index contributed by atoms with van der Waals surface area (Å²) >= 11 is 0. The summed E-state index contributed by atoms with van der Waals surface area (Å²) in [4.78, 5) is 16.1. The van der Waals surface area contributed by atoms with Gasteiger partial charge in [-0.3, -0.25) is 4.79 Å². The molecule has 0 spiro atoms. The Kier molecular flexibility index (Phi) is 4.01. The molecule has 1 aliphatic heterocycles. The van der Waals surface area contributed by atoms with Crippen molar-refractivity contribution in [3.05, 3.63) is 41.5 Å². The van der Waals surface area contributed by atoms with Crippen LogP contribution in [0.2, 0.25) is 0 Å². The Morgan fingerprint density at radius 1 is 1.50 bits per heavy atom. The number of halogens is 1. The van der Waals surface area contributed by atoms with Gasteiger partial charge in [0.15, 0.2) is 0 Å². The normalized spacial score (nSPS) is 14.8. The van der Waals surface area contributed by atoms with E-state index in [1.54, 1.807) is 10.7 Å². The van der Waals surface area contributed by atoms with Gasteiger partial charge in [-0.25, -0.2) is 9.07 Å². The van der Waals surface area contributed by atoms with Gasteiger partial charge in [0.25, 0.3) is 5.91 Å². The van der Waals surface area contributed by atoms with Crippen LogP contribution in [0.1, 0.15) is 28.7 Å². The van der Waals surface area contributed by atoms with Crippen LogP contribution in [0.5, 0.6) is 0 Å². The number of aryl methyl sites for hydroxylation is 1. The number of carbonyl (C=O) groups is 1. The molecule has 0 aliphatic carbocycles. The maximum absolute atomic E-state index is 13.5. The Balaban J connectivity index is 1.62. The van der Waals surface area contributed by atoms with Crippen molar-refractivity contribution in [3.63, 3.8) is 0 Å². The van der Waals surface area contributed by atoms with Crippen LogP contribution in [-0.4, -0.2) is 38.9 Å². The molecular formula is C14H16FN5O2. The largest absolute Gasteiger partial charge is 0.386 e. The summed E-state index contributed by atoms with van der Waals surface area (Å²) in [6.45, 7) is 1.39. The number of hydrogen-bond acceptors (Lipinski definition) is 5. The van der Waals surface area contributed by atoms with Crippen LogP contribution in [0.4, 0.5) is 10.3 Å². The van der Waals surface area contributed by atoms with E-state index in [4.69, 9.17) is 0 Å². The monoisotopic (exact) mass is 305 g/mol. The third-order valence-corrected chi connectivity index (χ3v) is 3.42. The predicted molar refractivity (Wildman–Crippen MR) is 76.8 cm³/mol. The highest BCUT2D eigenvalue weighted by atomic mass is 19.1. The molecule has 2 aromatic rings. The van der Waals surface area contributed by atoms with Gasteiger partial charge >= 0.3 is 0 Å². The number of aliphatic hydroxyl groups excluding tert-OH is 1. The first-order chi connectivity index (χ1) is 10.6. The second-order valence-corrected chi connectivity index (χ2v) is 5.01. The first-order valence-corrected chi connectivity index (χ1v) is 7.04. The topological polar surface area (TPSA) is 92.1 Å². The fourth-order valence-corrected chi connectivity index (χ4v) is 2.28. The van der Waals surface area contributed by atoms with Gasteiger partial charge in [-0.2, -0.15) is 4.98 Å². The molecule has 1 aromatic carbocycles. The van der Waals surface area contributed by atoms with Gasteiger partial charge in [0.2, 0.25) is 11.8 Å². The lowest BCUT2D eigenvalue weighted by atomic mass is 10.1. The molecule has 8 heteroatoms. The maximum Gasteiger partial charge on any atom is 0.291 e. The zero-order chi connectivity index (χ0) is 15.5. The van der Waals surface area contributed by atoms with E-state index in [2.05, 4.69) is 20.7 Å². The zero-order valence-electron chi connectivity index (χ0n) is 11.8. The lowest BCUT2D eigenvalue weighted by Gasteiger charge is -2.12. The summed E-state index contributed by atoms with van der Waals surface area (Å²) in [6.07, 6.45) is -0.204. The van der Waals surface area contributed by atoms with E-state index >= 15 is 0 Å². The molecule has 116 valence electrons. The van der Waals surface area contributed by atoms with Gasteiger partial charge < -0.3 is 15.7 Å². The lowest BCUT2D eigenvalue weighted by molar-refractivity contribution is 0.0903. The number of nitrogens with one attached hydrogen (secondary N) is 2. The molecule has 1 amide bonds. The molecule has 7 nitrogen and oxygen atoms in total. The highest BCUT2D eigenvalue weighted by Gasteiger charge is 2.20. The van der Waals surface area contributed by atoms with Gasteiger partial charge in [-0.1, -0.05) is 18.2 Å². The fourth-order valence-electron chi connectivity index (χ4n) is 2.28. The Bertz CT molecular complexity index is 664. The van der Waals surface area contributed by atoms with Crippen LogP contribution < -0.4 is 10.6 Å².